The molecule has 0 radical (unpaired) electrons. The molecule has 1 N–H and O–H groups in total. The van der Waals surface area contributed by atoms with Gasteiger partial charge in [-0.15, -0.1) is 0 Å². The number of hydrogen-bond donors (Lipinski definition) is 1. The van der Waals surface area contributed by atoms with Crippen LogP contribution in [0.15, 0.2) is 18.3 Å². The molecule has 0 unspecified atom stereocenters. The third-order valence-corrected chi connectivity index (χ3v) is 3.77. The fraction of sp³-hybridized carbons (Fsp3) is 0.438. The number of benzene rings is 1. The Morgan fingerprint density at radius 2 is 1.95 bits per heavy atom. The Bertz CT molecular complexity index is 618. The standard InChI is InChI=1S/C16H20FN3/c1-10-6-12(7-11(2)15(10)17)16-13(9-20(3)19-16)8-18-14-4-5-14/h6-7,9,14,18H,4-5,8H2,1-3H3. The van der Waals surface area contributed by atoms with E-state index >= 15 is 0 Å². The minimum absolute atomic E-state index is 0.123. The summed E-state index contributed by atoms with van der Waals surface area (Å²) in [6.45, 7) is 4.43. The summed E-state index contributed by atoms with van der Waals surface area (Å²) < 4.78 is 15.6. The van der Waals surface area contributed by atoms with Gasteiger partial charge in [0, 0.05) is 37.0 Å². The van der Waals surface area contributed by atoms with Crippen LogP contribution >= 0.6 is 0 Å². The molecule has 1 aliphatic carbocycles. The van der Waals surface area contributed by atoms with Crippen molar-refractivity contribution < 1.29 is 4.39 Å². The highest BCUT2D eigenvalue weighted by molar-refractivity contribution is 5.64. The maximum absolute atomic E-state index is 13.8. The third-order valence-electron chi connectivity index (χ3n) is 3.77. The molecule has 3 nitrogen and oxygen atoms in total. The summed E-state index contributed by atoms with van der Waals surface area (Å²) in [4.78, 5) is 0. The lowest BCUT2D eigenvalue weighted by molar-refractivity contribution is 0.609. The van der Waals surface area contributed by atoms with Gasteiger partial charge in [0.1, 0.15) is 5.82 Å². The first kappa shape index (κ1) is 13.3. The highest BCUT2D eigenvalue weighted by atomic mass is 19.1. The average molecular weight is 273 g/mol. The molecule has 3 rings (SSSR count). The van der Waals surface area contributed by atoms with Crippen LogP contribution < -0.4 is 5.32 Å². The van der Waals surface area contributed by atoms with Crippen molar-refractivity contribution >= 4 is 0 Å². The first-order valence-corrected chi connectivity index (χ1v) is 7.07. The van der Waals surface area contributed by atoms with Gasteiger partial charge in [-0.1, -0.05) is 0 Å². The van der Waals surface area contributed by atoms with E-state index in [1.165, 1.54) is 18.4 Å². The maximum atomic E-state index is 13.8. The van der Waals surface area contributed by atoms with Gasteiger partial charge < -0.3 is 5.32 Å². The molecule has 0 aliphatic heterocycles. The molecule has 1 aromatic heterocycles. The Kier molecular flexibility index (Phi) is 3.34. The summed E-state index contributed by atoms with van der Waals surface area (Å²) in [7, 11) is 1.92. The molecule has 0 spiro atoms. The lowest BCUT2D eigenvalue weighted by Crippen LogP contribution is -2.15. The van der Waals surface area contributed by atoms with E-state index < -0.39 is 0 Å². The lowest BCUT2D eigenvalue weighted by Gasteiger charge is -2.07. The Balaban J connectivity index is 1.95. The number of hydrogen-bond acceptors (Lipinski definition) is 2. The second kappa shape index (κ2) is 5.02. The van der Waals surface area contributed by atoms with Gasteiger partial charge in [-0.2, -0.15) is 5.10 Å². The Labute approximate surface area is 118 Å². The molecular weight excluding hydrogens is 253 g/mol. The van der Waals surface area contributed by atoms with Crippen LogP contribution in [0.2, 0.25) is 0 Å². The van der Waals surface area contributed by atoms with Gasteiger partial charge in [0.05, 0.1) is 5.69 Å². The Morgan fingerprint density at radius 1 is 1.30 bits per heavy atom. The first-order chi connectivity index (χ1) is 9.54. The van der Waals surface area contributed by atoms with Gasteiger partial charge in [-0.05, 0) is 49.9 Å². The molecule has 1 heterocycles. The van der Waals surface area contributed by atoms with Crippen molar-refractivity contribution in [3.05, 3.63) is 40.8 Å². The molecule has 0 amide bonds. The number of halogens is 1. The van der Waals surface area contributed by atoms with E-state index in [0.29, 0.717) is 17.2 Å². The summed E-state index contributed by atoms with van der Waals surface area (Å²) in [5.74, 6) is -0.123. The lowest BCUT2D eigenvalue weighted by atomic mass is 10.0. The number of aryl methyl sites for hydroxylation is 3. The minimum atomic E-state index is -0.123. The van der Waals surface area contributed by atoms with Crippen molar-refractivity contribution in [2.75, 3.05) is 0 Å². The van der Waals surface area contributed by atoms with Gasteiger partial charge >= 0.3 is 0 Å². The summed E-state index contributed by atoms with van der Waals surface area (Å²) in [5, 5.41) is 8.05. The molecule has 106 valence electrons. The van der Waals surface area contributed by atoms with Crippen LogP contribution in [-0.4, -0.2) is 15.8 Å². The molecule has 1 fully saturated rings. The van der Waals surface area contributed by atoms with Crippen LogP contribution in [0, 0.1) is 19.7 Å². The van der Waals surface area contributed by atoms with Crippen LogP contribution in [0.1, 0.15) is 29.5 Å². The average Bonchev–Trinajstić information content (AvgIpc) is 3.15. The fourth-order valence-corrected chi connectivity index (χ4v) is 2.53. The van der Waals surface area contributed by atoms with E-state index in [0.717, 1.165) is 17.8 Å². The van der Waals surface area contributed by atoms with Gasteiger partial charge in [0.25, 0.3) is 0 Å². The Morgan fingerprint density at radius 3 is 2.55 bits per heavy atom. The van der Waals surface area contributed by atoms with Crippen molar-refractivity contribution in [2.24, 2.45) is 7.05 Å². The second-order valence-corrected chi connectivity index (χ2v) is 5.76. The Hall–Kier alpha value is -1.68. The van der Waals surface area contributed by atoms with E-state index in [1.807, 2.05) is 30.1 Å². The molecule has 4 heteroatoms. The second-order valence-electron chi connectivity index (χ2n) is 5.76. The highest BCUT2D eigenvalue weighted by Gasteiger charge is 2.21. The zero-order chi connectivity index (χ0) is 14.3. The molecule has 1 saturated carbocycles. The van der Waals surface area contributed by atoms with Crippen LogP contribution in [-0.2, 0) is 13.6 Å². The largest absolute Gasteiger partial charge is 0.310 e. The molecule has 1 aliphatic rings. The summed E-state index contributed by atoms with van der Waals surface area (Å²) in [6.07, 6.45) is 4.58. The number of aromatic nitrogens is 2. The molecule has 0 saturated heterocycles. The monoisotopic (exact) mass is 273 g/mol. The van der Waals surface area contributed by atoms with Crippen molar-refractivity contribution in [1.82, 2.24) is 15.1 Å². The van der Waals surface area contributed by atoms with Crippen LogP contribution in [0.5, 0.6) is 0 Å². The van der Waals surface area contributed by atoms with Gasteiger partial charge in [0.2, 0.25) is 0 Å². The quantitative estimate of drug-likeness (QED) is 0.927. The first-order valence-electron chi connectivity index (χ1n) is 7.07. The molecule has 20 heavy (non-hydrogen) atoms. The molecule has 2 aromatic rings. The van der Waals surface area contributed by atoms with Gasteiger partial charge in [-0.25, -0.2) is 4.39 Å². The summed E-state index contributed by atoms with van der Waals surface area (Å²) >= 11 is 0. The molecular formula is C16H20FN3. The van der Waals surface area contributed by atoms with Crippen molar-refractivity contribution in [1.29, 1.82) is 0 Å². The van der Waals surface area contributed by atoms with E-state index in [9.17, 15) is 4.39 Å². The predicted octanol–water partition coefficient (Wildman–Crippen LogP) is 3.10. The van der Waals surface area contributed by atoms with Crippen LogP contribution in [0.25, 0.3) is 11.3 Å². The van der Waals surface area contributed by atoms with Crippen LogP contribution in [0.3, 0.4) is 0 Å². The van der Waals surface area contributed by atoms with E-state index in [-0.39, 0.29) is 5.82 Å². The van der Waals surface area contributed by atoms with Crippen molar-refractivity contribution in [2.45, 2.75) is 39.3 Å². The molecule has 1 aromatic carbocycles. The van der Waals surface area contributed by atoms with E-state index in [2.05, 4.69) is 10.4 Å². The maximum Gasteiger partial charge on any atom is 0.129 e. The summed E-state index contributed by atoms with van der Waals surface area (Å²) in [6, 6.07) is 4.43. The van der Waals surface area contributed by atoms with Crippen LogP contribution in [0.4, 0.5) is 4.39 Å². The SMILES string of the molecule is Cc1cc(-c2nn(C)cc2CNC2CC2)cc(C)c1F. The fourth-order valence-electron chi connectivity index (χ4n) is 2.53. The van der Waals surface area contributed by atoms with Crippen molar-refractivity contribution in [3.8, 4) is 11.3 Å². The number of rotatable bonds is 4. The summed E-state index contributed by atoms with van der Waals surface area (Å²) in [5.41, 5.74) is 4.46. The zero-order valence-electron chi connectivity index (χ0n) is 12.2. The topological polar surface area (TPSA) is 29.9 Å². The zero-order valence-corrected chi connectivity index (χ0v) is 12.2. The van der Waals surface area contributed by atoms with Gasteiger partial charge in [-0.3, -0.25) is 4.68 Å². The normalized spacial score (nSPS) is 14.8. The smallest absolute Gasteiger partial charge is 0.129 e. The molecule has 0 atom stereocenters. The highest BCUT2D eigenvalue weighted by Crippen LogP contribution is 2.27. The van der Waals surface area contributed by atoms with E-state index in [1.54, 1.807) is 13.8 Å². The van der Waals surface area contributed by atoms with Crippen molar-refractivity contribution in [3.63, 3.8) is 0 Å². The number of nitrogens with zero attached hydrogens (tertiary/aromatic N) is 2. The number of nitrogens with one attached hydrogen (secondary N) is 1. The van der Waals surface area contributed by atoms with Gasteiger partial charge in [0.15, 0.2) is 0 Å². The predicted molar refractivity (Wildman–Crippen MR) is 77.9 cm³/mol. The van der Waals surface area contributed by atoms with E-state index in [4.69, 9.17) is 0 Å². The molecule has 0 bridgehead atoms. The minimum Gasteiger partial charge on any atom is -0.310 e. The third kappa shape index (κ3) is 2.61.